The van der Waals surface area contributed by atoms with E-state index in [1.165, 1.54) is 5.69 Å². The molecule has 1 fully saturated rings. The Labute approximate surface area is 101 Å². The summed E-state index contributed by atoms with van der Waals surface area (Å²) in [5.41, 5.74) is 6.82. The first-order chi connectivity index (χ1) is 7.81. The number of benzene rings is 1. The largest absolute Gasteiger partial charge is 0.377 e. The van der Waals surface area contributed by atoms with Crippen molar-refractivity contribution in [1.82, 2.24) is 0 Å². The van der Waals surface area contributed by atoms with Crippen LogP contribution in [0.25, 0.3) is 0 Å². The lowest BCUT2D eigenvalue weighted by Crippen LogP contribution is -2.46. The molecule has 0 aromatic heterocycles. The van der Waals surface area contributed by atoms with Gasteiger partial charge in [-0.1, -0.05) is 11.6 Å². The van der Waals surface area contributed by atoms with Crippen LogP contribution < -0.4 is 10.6 Å². The van der Waals surface area contributed by atoms with Gasteiger partial charge >= 0.3 is 0 Å². The highest BCUT2D eigenvalue weighted by molar-refractivity contribution is 6.30. The molecule has 0 bridgehead atoms. The maximum absolute atomic E-state index is 5.88. The summed E-state index contributed by atoms with van der Waals surface area (Å²) in [4.78, 5) is 2.35. The Morgan fingerprint density at radius 1 is 1.38 bits per heavy atom. The van der Waals surface area contributed by atoms with E-state index in [2.05, 4.69) is 17.0 Å². The van der Waals surface area contributed by atoms with Crippen molar-refractivity contribution in [2.75, 3.05) is 31.2 Å². The molecule has 1 saturated heterocycles. The lowest BCUT2D eigenvalue weighted by molar-refractivity contribution is 0.0922. The van der Waals surface area contributed by atoms with E-state index in [1.807, 2.05) is 12.1 Å². The zero-order chi connectivity index (χ0) is 11.4. The molecule has 1 unspecified atom stereocenters. The van der Waals surface area contributed by atoms with Crippen molar-refractivity contribution in [3.05, 3.63) is 29.3 Å². The fraction of sp³-hybridized carbons (Fsp3) is 0.500. The Bertz CT molecular complexity index is 326. The Kier molecular flexibility index (Phi) is 4.04. The van der Waals surface area contributed by atoms with Gasteiger partial charge < -0.3 is 15.4 Å². The molecule has 1 aromatic carbocycles. The van der Waals surface area contributed by atoms with Crippen LogP contribution in [0.5, 0.6) is 0 Å². The van der Waals surface area contributed by atoms with E-state index < -0.39 is 0 Å². The SMILES string of the molecule is NCCC1COCCN1c1ccc(Cl)cc1. The van der Waals surface area contributed by atoms with Gasteiger partial charge in [-0.25, -0.2) is 0 Å². The number of rotatable bonds is 3. The van der Waals surface area contributed by atoms with Gasteiger partial charge in [0.15, 0.2) is 0 Å². The third kappa shape index (κ3) is 2.67. The molecule has 0 amide bonds. The Morgan fingerprint density at radius 2 is 2.12 bits per heavy atom. The monoisotopic (exact) mass is 240 g/mol. The molecule has 2 rings (SSSR count). The molecule has 0 spiro atoms. The summed E-state index contributed by atoms with van der Waals surface area (Å²) in [6.07, 6.45) is 0.961. The molecule has 1 atom stereocenters. The second-order valence-corrected chi connectivity index (χ2v) is 4.41. The lowest BCUT2D eigenvalue weighted by atomic mass is 10.1. The van der Waals surface area contributed by atoms with Crippen molar-refractivity contribution in [3.63, 3.8) is 0 Å². The molecular formula is C12H17ClN2O. The van der Waals surface area contributed by atoms with Crippen LogP contribution >= 0.6 is 11.6 Å². The third-order valence-electron chi connectivity index (χ3n) is 2.89. The summed E-state index contributed by atoms with van der Waals surface area (Å²) in [6.45, 7) is 3.16. The highest BCUT2D eigenvalue weighted by atomic mass is 35.5. The molecular weight excluding hydrogens is 224 g/mol. The smallest absolute Gasteiger partial charge is 0.0671 e. The second-order valence-electron chi connectivity index (χ2n) is 3.98. The van der Waals surface area contributed by atoms with E-state index in [0.29, 0.717) is 12.6 Å². The molecule has 2 N–H and O–H groups in total. The number of halogens is 1. The third-order valence-corrected chi connectivity index (χ3v) is 3.14. The predicted molar refractivity (Wildman–Crippen MR) is 67.1 cm³/mol. The fourth-order valence-corrected chi connectivity index (χ4v) is 2.18. The van der Waals surface area contributed by atoms with E-state index in [0.717, 1.165) is 31.2 Å². The number of nitrogens with zero attached hydrogens (tertiary/aromatic N) is 1. The fourth-order valence-electron chi connectivity index (χ4n) is 2.06. The summed E-state index contributed by atoms with van der Waals surface area (Å²) in [7, 11) is 0. The maximum Gasteiger partial charge on any atom is 0.0671 e. The molecule has 4 heteroatoms. The van der Waals surface area contributed by atoms with Crippen molar-refractivity contribution < 1.29 is 4.74 Å². The molecule has 1 aliphatic rings. The van der Waals surface area contributed by atoms with E-state index in [1.54, 1.807) is 0 Å². The predicted octanol–water partition coefficient (Wildman–Crippen LogP) is 1.89. The van der Waals surface area contributed by atoms with Gasteiger partial charge in [0.2, 0.25) is 0 Å². The minimum Gasteiger partial charge on any atom is -0.377 e. The van der Waals surface area contributed by atoms with E-state index in [4.69, 9.17) is 22.1 Å². The van der Waals surface area contributed by atoms with Crippen LogP contribution in [0.15, 0.2) is 24.3 Å². The van der Waals surface area contributed by atoms with Crippen molar-refractivity contribution in [2.45, 2.75) is 12.5 Å². The number of hydrogen-bond donors (Lipinski definition) is 1. The molecule has 0 aliphatic carbocycles. The molecule has 88 valence electrons. The van der Waals surface area contributed by atoms with Gasteiger partial charge in [0.25, 0.3) is 0 Å². The lowest BCUT2D eigenvalue weighted by Gasteiger charge is -2.37. The van der Waals surface area contributed by atoms with Gasteiger partial charge in [0.05, 0.1) is 19.3 Å². The van der Waals surface area contributed by atoms with Crippen molar-refractivity contribution in [2.24, 2.45) is 5.73 Å². The average Bonchev–Trinajstić information content (AvgIpc) is 2.32. The Morgan fingerprint density at radius 3 is 2.81 bits per heavy atom. The normalized spacial score (nSPS) is 21.1. The topological polar surface area (TPSA) is 38.5 Å². The maximum atomic E-state index is 5.88. The first-order valence-electron chi connectivity index (χ1n) is 5.61. The van der Waals surface area contributed by atoms with Crippen LogP contribution in [0.4, 0.5) is 5.69 Å². The van der Waals surface area contributed by atoms with Crippen LogP contribution in [0.2, 0.25) is 5.02 Å². The van der Waals surface area contributed by atoms with Gasteiger partial charge in [-0.3, -0.25) is 0 Å². The number of ether oxygens (including phenoxy) is 1. The van der Waals surface area contributed by atoms with Gasteiger partial charge in [0.1, 0.15) is 0 Å². The average molecular weight is 241 g/mol. The first kappa shape index (κ1) is 11.7. The Balaban J connectivity index is 2.13. The highest BCUT2D eigenvalue weighted by Gasteiger charge is 2.22. The quantitative estimate of drug-likeness (QED) is 0.877. The van der Waals surface area contributed by atoms with Crippen LogP contribution in [-0.4, -0.2) is 32.3 Å². The zero-order valence-electron chi connectivity index (χ0n) is 9.23. The molecule has 16 heavy (non-hydrogen) atoms. The second kappa shape index (κ2) is 5.53. The van der Waals surface area contributed by atoms with Crippen LogP contribution in [0, 0.1) is 0 Å². The van der Waals surface area contributed by atoms with E-state index >= 15 is 0 Å². The van der Waals surface area contributed by atoms with Crippen molar-refractivity contribution in [3.8, 4) is 0 Å². The minimum absolute atomic E-state index is 0.389. The molecule has 1 aliphatic heterocycles. The van der Waals surface area contributed by atoms with Gasteiger partial charge in [0, 0.05) is 17.3 Å². The number of anilines is 1. The van der Waals surface area contributed by atoms with Gasteiger partial charge in [-0.05, 0) is 37.2 Å². The van der Waals surface area contributed by atoms with E-state index in [-0.39, 0.29) is 0 Å². The van der Waals surface area contributed by atoms with Crippen LogP contribution in [0.1, 0.15) is 6.42 Å². The minimum atomic E-state index is 0.389. The molecule has 1 aromatic rings. The summed E-state index contributed by atoms with van der Waals surface area (Å²) >= 11 is 5.88. The molecule has 3 nitrogen and oxygen atoms in total. The Hall–Kier alpha value is -0.770. The zero-order valence-corrected chi connectivity index (χ0v) is 9.99. The van der Waals surface area contributed by atoms with Gasteiger partial charge in [-0.15, -0.1) is 0 Å². The number of morpholine rings is 1. The van der Waals surface area contributed by atoms with E-state index in [9.17, 15) is 0 Å². The molecule has 0 radical (unpaired) electrons. The van der Waals surface area contributed by atoms with Crippen molar-refractivity contribution in [1.29, 1.82) is 0 Å². The number of hydrogen-bond acceptors (Lipinski definition) is 3. The van der Waals surface area contributed by atoms with Crippen molar-refractivity contribution >= 4 is 17.3 Å². The number of nitrogens with two attached hydrogens (primary N) is 1. The van der Waals surface area contributed by atoms with Crippen LogP contribution in [-0.2, 0) is 4.74 Å². The molecule has 0 saturated carbocycles. The highest BCUT2D eigenvalue weighted by Crippen LogP contribution is 2.22. The first-order valence-corrected chi connectivity index (χ1v) is 5.99. The van der Waals surface area contributed by atoms with Gasteiger partial charge in [-0.2, -0.15) is 0 Å². The summed E-state index contributed by atoms with van der Waals surface area (Å²) < 4.78 is 5.49. The summed E-state index contributed by atoms with van der Waals surface area (Å²) in [5, 5.41) is 0.771. The summed E-state index contributed by atoms with van der Waals surface area (Å²) in [6, 6.07) is 8.34. The van der Waals surface area contributed by atoms with Crippen LogP contribution in [0.3, 0.4) is 0 Å². The summed E-state index contributed by atoms with van der Waals surface area (Å²) in [5.74, 6) is 0. The molecule has 1 heterocycles. The standard InChI is InChI=1S/C12H17ClN2O/c13-10-1-3-11(4-2-10)15-7-8-16-9-12(15)5-6-14/h1-4,12H,5-9,14H2.